The molecule has 1 fully saturated rings. The number of rotatable bonds is 7. The van der Waals surface area contributed by atoms with Crippen molar-refractivity contribution < 1.29 is 4.79 Å². The molecule has 0 radical (unpaired) electrons. The quantitative estimate of drug-likeness (QED) is 0.588. The largest absolute Gasteiger partial charge is 0.352 e. The molecule has 0 aliphatic carbocycles. The molecule has 30 heavy (non-hydrogen) atoms. The Kier molecular flexibility index (Phi) is 6.92. The highest BCUT2D eigenvalue weighted by Crippen LogP contribution is 2.24. The van der Waals surface area contributed by atoms with Crippen LogP contribution in [-0.4, -0.2) is 28.9 Å². The molecule has 0 saturated carbocycles. The molecule has 3 aromatic rings. The molecule has 156 valence electrons. The fourth-order valence-electron chi connectivity index (χ4n) is 3.96. The van der Waals surface area contributed by atoms with Crippen molar-refractivity contribution in [2.24, 2.45) is 0 Å². The molecule has 0 spiro atoms. The number of hydrogen-bond acceptors (Lipinski definition) is 4. The van der Waals surface area contributed by atoms with E-state index in [1.165, 1.54) is 49.0 Å². The van der Waals surface area contributed by atoms with Crippen LogP contribution in [-0.2, 0) is 24.3 Å². The van der Waals surface area contributed by atoms with Gasteiger partial charge in [-0.25, -0.2) is 4.98 Å². The highest BCUT2D eigenvalue weighted by atomic mass is 32.1. The second-order valence-corrected chi connectivity index (χ2v) is 8.93. The molecule has 1 aliphatic heterocycles. The third-order valence-electron chi connectivity index (χ3n) is 5.60. The molecule has 1 aromatic heterocycles. The predicted octanol–water partition coefficient (Wildman–Crippen LogP) is 4.96. The van der Waals surface area contributed by atoms with Crippen LogP contribution >= 0.6 is 11.3 Å². The minimum atomic E-state index is 0.0175. The third kappa shape index (κ3) is 5.55. The van der Waals surface area contributed by atoms with Crippen LogP contribution in [0.3, 0.4) is 0 Å². The number of benzene rings is 2. The lowest BCUT2D eigenvalue weighted by Gasteiger charge is -2.27. The van der Waals surface area contributed by atoms with Crippen LogP contribution in [0.15, 0.2) is 53.9 Å². The van der Waals surface area contributed by atoms with Crippen LogP contribution in [0.4, 0.5) is 0 Å². The molecule has 2 heterocycles. The van der Waals surface area contributed by atoms with Gasteiger partial charge in [0.15, 0.2) is 0 Å². The van der Waals surface area contributed by atoms with Crippen LogP contribution in [0.5, 0.6) is 0 Å². The number of likely N-dealkylation sites (tertiary alicyclic amines) is 1. The Bertz CT molecular complexity index is 991. The number of thiazole rings is 1. The van der Waals surface area contributed by atoms with E-state index in [1.54, 1.807) is 11.3 Å². The number of amides is 1. The topological polar surface area (TPSA) is 45.2 Å². The van der Waals surface area contributed by atoms with Crippen LogP contribution < -0.4 is 5.32 Å². The molecule has 5 heteroatoms. The number of aromatic nitrogens is 1. The summed E-state index contributed by atoms with van der Waals surface area (Å²) in [5.41, 5.74) is 5.67. The van der Waals surface area contributed by atoms with Gasteiger partial charge in [0.25, 0.3) is 0 Å². The molecule has 1 N–H and O–H groups in total. The number of piperidine rings is 1. The van der Waals surface area contributed by atoms with Gasteiger partial charge in [-0.1, -0.05) is 54.4 Å². The minimum absolute atomic E-state index is 0.0175. The summed E-state index contributed by atoms with van der Waals surface area (Å²) in [6.45, 7) is 5.96. The zero-order chi connectivity index (χ0) is 20.8. The van der Waals surface area contributed by atoms with Crippen molar-refractivity contribution in [3.63, 3.8) is 0 Å². The van der Waals surface area contributed by atoms with Crippen LogP contribution in [0.2, 0.25) is 0 Å². The molecule has 1 saturated heterocycles. The lowest BCUT2D eigenvalue weighted by atomic mass is 10.0. The summed E-state index contributed by atoms with van der Waals surface area (Å²) in [4.78, 5) is 19.7. The molecule has 2 aromatic carbocycles. The van der Waals surface area contributed by atoms with E-state index in [9.17, 15) is 4.79 Å². The zero-order valence-electron chi connectivity index (χ0n) is 17.6. The Morgan fingerprint density at radius 1 is 1.07 bits per heavy atom. The molecule has 0 atom stereocenters. The first-order chi connectivity index (χ1) is 14.7. The van der Waals surface area contributed by atoms with Crippen molar-refractivity contribution in [3.05, 3.63) is 76.3 Å². The van der Waals surface area contributed by atoms with Gasteiger partial charge >= 0.3 is 0 Å². The van der Waals surface area contributed by atoms with Crippen molar-refractivity contribution in [2.75, 3.05) is 13.1 Å². The molecule has 4 nitrogen and oxygen atoms in total. The first-order valence-corrected chi connectivity index (χ1v) is 11.6. The maximum atomic E-state index is 12.5. The Labute approximate surface area is 183 Å². The molecule has 0 bridgehead atoms. The Morgan fingerprint density at radius 3 is 2.67 bits per heavy atom. The lowest BCUT2D eigenvalue weighted by Crippen LogP contribution is -2.30. The monoisotopic (exact) mass is 419 g/mol. The molecular formula is C25H29N3OS. The maximum absolute atomic E-state index is 12.5. The van der Waals surface area contributed by atoms with Crippen molar-refractivity contribution in [1.29, 1.82) is 0 Å². The van der Waals surface area contributed by atoms with Crippen molar-refractivity contribution >= 4 is 17.2 Å². The number of carbonyl (C=O) groups excluding carboxylic acids is 1. The molecular weight excluding hydrogens is 390 g/mol. The third-order valence-corrected chi connectivity index (χ3v) is 6.54. The van der Waals surface area contributed by atoms with Crippen LogP contribution in [0.25, 0.3) is 10.6 Å². The van der Waals surface area contributed by atoms with Gasteiger partial charge in [0.05, 0.1) is 12.1 Å². The van der Waals surface area contributed by atoms with Gasteiger partial charge in [0.2, 0.25) is 5.91 Å². The van der Waals surface area contributed by atoms with Gasteiger partial charge in [-0.15, -0.1) is 11.3 Å². The van der Waals surface area contributed by atoms with E-state index in [-0.39, 0.29) is 5.91 Å². The maximum Gasteiger partial charge on any atom is 0.226 e. The van der Waals surface area contributed by atoms with E-state index in [1.807, 2.05) is 11.4 Å². The van der Waals surface area contributed by atoms with Gasteiger partial charge in [0.1, 0.15) is 5.01 Å². The standard InChI is InChI=1S/C25H29N3OS/c1-19-8-7-11-20(14-19)25-27-23(18-30-25)15-24(29)26-16-21-9-3-4-10-22(21)17-28-12-5-2-6-13-28/h3-4,7-11,14,18H,2,5-6,12-13,15-17H2,1H3,(H,26,29). The number of aryl methyl sites for hydroxylation is 1. The predicted molar refractivity (Wildman–Crippen MR) is 123 cm³/mol. The van der Waals surface area contributed by atoms with Crippen molar-refractivity contribution in [2.45, 2.75) is 45.7 Å². The zero-order valence-corrected chi connectivity index (χ0v) is 18.4. The molecule has 1 amide bonds. The van der Waals surface area contributed by atoms with E-state index in [0.717, 1.165) is 22.8 Å². The van der Waals surface area contributed by atoms with Crippen LogP contribution in [0.1, 0.15) is 41.6 Å². The molecule has 4 rings (SSSR count). The Morgan fingerprint density at radius 2 is 1.87 bits per heavy atom. The minimum Gasteiger partial charge on any atom is -0.352 e. The fourth-order valence-corrected chi connectivity index (χ4v) is 4.78. The van der Waals surface area contributed by atoms with E-state index in [4.69, 9.17) is 0 Å². The Balaban J connectivity index is 1.33. The SMILES string of the molecule is Cc1cccc(-c2nc(CC(=O)NCc3ccccc3CN3CCCCC3)cs2)c1. The lowest BCUT2D eigenvalue weighted by molar-refractivity contribution is -0.120. The molecule has 0 unspecified atom stereocenters. The van der Waals surface area contributed by atoms with E-state index in [0.29, 0.717) is 13.0 Å². The summed E-state index contributed by atoms with van der Waals surface area (Å²) in [7, 11) is 0. The first kappa shape index (κ1) is 20.8. The smallest absolute Gasteiger partial charge is 0.226 e. The van der Waals surface area contributed by atoms with E-state index in [2.05, 4.69) is 64.6 Å². The summed E-state index contributed by atoms with van der Waals surface area (Å²) in [6, 6.07) is 16.8. The van der Waals surface area contributed by atoms with Gasteiger partial charge in [-0.2, -0.15) is 0 Å². The van der Waals surface area contributed by atoms with Gasteiger partial charge in [0, 0.05) is 24.0 Å². The number of nitrogens with zero attached hydrogens (tertiary/aromatic N) is 2. The number of nitrogens with one attached hydrogen (secondary N) is 1. The summed E-state index contributed by atoms with van der Waals surface area (Å²) in [5, 5.41) is 6.04. The molecule has 1 aliphatic rings. The summed E-state index contributed by atoms with van der Waals surface area (Å²) in [6.07, 6.45) is 4.24. The van der Waals surface area contributed by atoms with Crippen molar-refractivity contribution in [3.8, 4) is 10.6 Å². The van der Waals surface area contributed by atoms with E-state index >= 15 is 0 Å². The highest BCUT2D eigenvalue weighted by Gasteiger charge is 2.13. The summed E-state index contributed by atoms with van der Waals surface area (Å²) >= 11 is 1.59. The normalized spacial score (nSPS) is 14.6. The van der Waals surface area contributed by atoms with Crippen LogP contribution in [0, 0.1) is 6.92 Å². The first-order valence-electron chi connectivity index (χ1n) is 10.7. The average Bonchev–Trinajstić information content (AvgIpc) is 3.22. The number of hydrogen-bond donors (Lipinski definition) is 1. The second kappa shape index (κ2) is 10.0. The highest BCUT2D eigenvalue weighted by molar-refractivity contribution is 7.13. The van der Waals surface area contributed by atoms with Crippen molar-refractivity contribution in [1.82, 2.24) is 15.2 Å². The van der Waals surface area contributed by atoms with Gasteiger partial charge < -0.3 is 5.32 Å². The fraction of sp³-hybridized carbons (Fsp3) is 0.360. The average molecular weight is 420 g/mol. The second-order valence-electron chi connectivity index (χ2n) is 8.07. The Hall–Kier alpha value is -2.50. The van der Waals surface area contributed by atoms with Gasteiger partial charge in [-0.05, 0) is 50.0 Å². The van der Waals surface area contributed by atoms with E-state index < -0.39 is 0 Å². The summed E-state index contributed by atoms with van der Waals surface area (Å²) in [5.74, 6) is 0.0175. The van der Waals surface area contributed by atoms with Gasteiger partial charge in [-0.3, -0.25) is 9.69 Å². The summed E-state index contributed by atoms with van der Waals surface area (Å²) < 4.78 is 0. The number of carbonyl (C=O) groups is 1.